The van der Waals surface area contributed by atoms with Crippen LogP contribution in [0.1, 0.15) is 10.4 Å². The van der Waals surface area contributed by atoms with Crippen LogP contribution < -0.4 is 16.4 Å². The van der Waals surface area contributed by atoms with Crippen LogP contribution in [-0.4, -0.2) is 42.8 Å². The molecule has 3 amide bonds. The molecule has 0 aliphatic rings. The second-order valence-corrected chi connectivity index (χ2v) is 4.75. The van der Waals surface area contributed by atoms with Gasteiger partial charge in [-0.1, -0.05) is 0 Å². The Morgan fingerprint density at radius 1 is 1.33 bits per heavy atom. The van der Waals surface area contributed by atoms with E-state index in [1.807, 2.05) is 0 Å². The van der Waals surface area contributed by atoms with Crippen molar-refractivity contribution in [3.63, 3.8) is 0 Å². The first kappa shape index (κ1) is 16.9. The van der Waals surface area contributed by atoms with Crippen LogP contribution in [0.15, 0.2) is 22.7 Å². The number of aromatic carboxylic acids is 1. The Hall–Kier alpha value is -2.13. The summed E-state index contributed by atoms with van der Waals surface area (Å²) >= 11 is 3.10. The van der Waals surface area contributed by atoms with Crippen molar-refractivity contribution < 1.29 is 24.2 Å². The van der Waals surface area contributed by atoms with Gasteiger partial charge in [-0.25, -0.2) is 9.59 Å². The number of amides is 3. The number of carbonyl (C=O) groups excluding carboxylic acids is 2. The number of nitrogens with one attached hydrogen (secondary N) is 2. The van der Waals surface area contributed by atoms with E-state index in [2.05, 4.69) is 26.6 Å². The monoisotopic (exact) mass is 359 g/mol. The molecule has 0 spiro atoms. The summed E-state index contributed by atoms with van der Waals surface area (Å²) in [5.41, 5.74) is 5.25. The van der Waals surface area contributed by atoms with Crippen LogP contribution in [-0.2, 0) is 9.53 Å². The summed E-state index contributed by atoms with van der Waals surface area (Å²) in [4.78, 5) is 32.9. The molecule has 0 bridgehead atoms. The van der Waals surface area contributed by atoms with Crippen molar-refractivity contribution >= 4 is 39.5 Å². The zero-order valence-corrected chi connectivity index (χ0v) is 12.5. The molecule has 0 radical (unpaired) electrons. The molecule has 1 aromatic carbocycles. The Labute approximate surface area is 128 Å². The van der Waals surface area contributed by atoms with Crippen molar-refractivity contribution in [2.45, 2.75) is 0 Å². The van der Waals surface area contributed by atoms with Gasteiger partial charge >= 0.3 is 12.0 Å². The normalized spacial score (nSPS) is 9.95. The van der Waals surface area contributed by atoms with E-state index in [1.54, 1.807) is 6.07 Å². The van der Waals surface area contributed by atoms with E-state index in [9.17, 15) is 14.4 Å². The summed E-state index contributed by atoms with van der Waals surface area (Å²) in [5.74, 6) is -1.69. The third kappa shape index (κ3) is 6.23. The molecule has 0 fully saturated rings. The van der Waals surface area contributed by atoms with Gasteiger partial charge in [-0.3, -0.25) is 4.79 Å². The molecule has 21 heavy (non-hydrogen) atoms. The van der Waals surface area contributed by atoms with Gasteiger partial charge in [-0.2, -0.15) is 0 Å². The second kappa shape index (κ2) is 8.22. The topological polar surface area (TPSA) is 131 Å². The molecule has 0 saturated heterocycles. The van der Waals surface area contributed by atoms with Crippen molar-refractivity contribution in [2.24, 2.45) is 5.73 Å². The lowest BCUT2D eigenvalue weighted by atomic mass is 10.2. The van der Waals surface area contributed by atoms with Crippen molar-refractivity contribution in [1.29, 1.82) is 0 Å². The number of carboxylic acid groups (broad SMARTS) is 1. The molecule has 0 aliphatic carbocycles. The smallest absolute Gasteiger partial charge is 0.336 e. The van der Waals surface area contributed by atoms with Gasteiger partial charge in [-0.15, -0.1) is 0 Å². The molecule has 0 aliphatic heterocycles. The van der Waals surface area contributed by atoms with E-state index < -0.39 is 17.9 Å². The minimum absolute atomic E-state index is 0.0394. The molecule has 0 unspecified atom stereocenters. The molecule has 0 atom stereocenters. The predicted octanol–water partition coefficient (Wildman–Crippen LogP) is 0.771. The molecular weight excluding hydrogens is 346 g/mol. The number of rotatable bonds is 7. The number of halogens is 1. The molecule has 0 heterocycles. The summed E-state index contributed by atoms with van der Waals surface area (Å²) in [5, 5.41) is 13.9. The number of hydrogen-bond donors (Lipinski definition) is 4. The number of hydrogen-bond acceptors (Lipinski definition) is 4. The minimum atomic E-state index is -1.11. The van der Waals surface area contributed by atoms with E-state index in [-0.39, 0.29) is 25.3 Å². The van der Waals surface area contributed by atoms with Crippen LogP contribution in [0.25, 0.3) is 0 Å². The Bertz CT molecular complexity index is 550. The third-order valence-electron chi connectivity index (χ3n) is 2.23. The Balaban J connectivity index is 2.43. The van der Waals surface area contributed by atoms with Crippen LogP contribution in [0.4, 0.5) is 10.5 Å². The van der Waals surface area contributed by atoms with E-state index >= 15 is 0 Å². The van der Waals surface area contributed by atoms with Crippen LogP contribution in [0.3, 0.4) is 0 Å². The molecule has 5 N–H and O–H groups in total. The molecule has 0 saturated carbocycles. The summed E-state index contributed by atoms with van der Waals surface area (Å²) in [6, 6.07) is 3.89. The Kier molecular flexibility index (Phi) is 6.63. The zero-order chi connectivity index (χ0) is 15.8. The molecule has 9 heteroatoms. The lowest BCUT2D eigenvalue weighted by molar-refractivity contribution is -0.122. The van der Waals surface area contributed by atoms with Gasteiger partial charge in [-0.05, 0) is 34.1 Å². The van der Waals surface area contributed by atoms with E-state index in [1.165, 1.54) is 12.1 Å². The summed E-state index contributed by atoms with van der Waals surface area (Å²) in [6.45, 7) is 0.108. The first-order chi connectivity index (χ1) is 9.90. The van der Waals surface area contributed by atoms with Gasteiger partial charge in [0, 0.05) is 16.7 Å². The molecule has 1 aromatic rings. The number of anilines is 1. The molecular formula is C12H14BrN3O5. The lowest BCUT2D eigenvalue weighted by Crippen LogP contribution is -2.32. The van der Waals surface area contributed by atoms with Crippen molar-refractivity contribution in [1.82, 2.24) is 5.32 Å². The van der Waals surface area contributed by atoms with E-state index in [4.69, 9.17) is 15.6 Å². The van der Waals surface area contributed by atoms with Gasteiger partial charge in [0.1, 0.15) is 6.61 Å². The van der Waals surface area contributed by atoms with Crippen molar-refractivity contribution in [3.05, 3.63) is 28.2 Å². The van der Waals surface area contributed by atoms with Gasteiger partial charge < -0.3 is 26.2 Å². The first-order valence-electron chi connectivity index (χ1n) is 5.84. The SMILES string of the molecule is NC(=O)COCCNC(=O)Nc1ccc(Br)c(C(=O)O)c1. The standard InChI is InChI=1S/C12H14BrN3O5/c13-9-2-1-7(5-8(9)11(18)19)16-12(20)15-3-4-21-6-10(14)17/h1-2,5H,3-4,6H2,(H2,14,17)(H,18,19)(H2,15,16,20). The Morgan fingerprint density at radius 3 is 2.67 bits per heavy atom. The fraction of sp³-hybridized carbons (Fsp3) is 0.250. The molecule has 114 valence electrons. The maximum atomic E-state index is 11.5. The largest absolute Gasteiger partial charge is 0.478 e. The number of carbonyl (C=O) groups is 3. The van der Waals surface area contributed by atoms with Crippen molar-refractivity contribution in [2.75, 3.05) is 25.1 Å². The average Bonchev–Trinajstić information content (AvgIpc) is 2.40. The maximum absolute atomic E-state index is 11.5. The fourth-order valence-corrected chi connectivity index (χ4v) is 1.77. The van der Waals surface area contributed by atoms with Gasteiger partial charge in [0.05, 0.1) is 12.2 Å². The minimum Gasteiger partial charge on any atom is -0.478 e. The number of nitrogens with two attached hydrogens (primary N) is 1. The van der Waals surface area contributed by atoms with Gasteiger partial charge in [0.15, 0.2) is 0 Å². The predicted molar refractivity (Wildman–Crippen MR) is 78.1 cm³/mol. The maximum Gasteiger partial charge on any atom is 0.336 e. The number of primary amides is 1. The van der Waals surface area contributed by atoms with Crippen LogP contribution in [0.2, 0.25) is 0 Å². The summed E-state index contributed by atoms with van der Waals surface area (Å²) in [7, 11) is 0. The fourth-order valence-electron chi connectivity index (χ4n) is 1.35. The van der Waals surface area contributed by atoms with Crippen LogP contribution in [0, 0.1) is 0 Å². The highest BCUT2D eigenvalue weighted by atomic mass is 79.9. The van der Waals surface area contributed by atoms with Gasteiger partial charge in [0.25, 0.3) is 0 Å². The molecule has 1 rings (SSSR count). The molecule has 8 nitrogen and oxygen atoms in total. The van der Waals surface area contributed by atoms with Crippen LogP contribution in [0.5, 0.6) is 0 Å². The lowest BCUT2D eigenvalue weighted by Gasteiger charge is -2.09. The highest BCUT2D eigenvalue weighted by Gasteiger charge is 2.10. The number of urea groups is 1. The van der Waals surface area contributed by atoms with E-state index in [0.29, 0.717) is 10.2 Å². The first-order valence-corrected chi connectivity index (χ1v) is 6.63. The second-order valence-electron chi connectivity index (χ2n) is 3.90. The van der Waals surface area contributed by atoms with E-state index in [0.717, 1.165) is 0 Å². The molecule has 0 aromatic heterocycles. The highest BCUT2D eigenvalue weighted by Crippen LogP contribution is 2.21. The van der Waals surface area contributed by atoms with Crippen LogP contribution >= 0.6 is 15.9 Å². The highest BCUT2D eigenvalue weighted by molar-refractivity contribution is 9.10. The number of benzene rings is 1. The summed E-state index contributed by atoms with van der Waals surface area (Å²) in [6.07, 6.45) is 0. The van der Waals surface area contributed by atoms with Gasteiger partial charge in [0.2, 0.25) is 5.91 Å². The Morgan fingerprint density at radius 2 is 2.05 bits per heavy atom. The third-order valence-corrected chi connectivity index (χ3v) is 2.92. The zero-order valence-electron chi connectivity index (χ0n) is 10.9. The van der Waals surface area contributed by atoms with Crippen molar-refractivity contribution in [3.8, 4) is 0 Å². The average molecular weight is 360 g/mol. The summed E-state index contributed by atoms with van der Waals surface area (Å²) < 4.78 is 5.28. The quantitative estimate of drug-likeness (QED) is 0.534. The number of carboxylic acids is 1. The number of ether oxygens (including phenoxy) is 1.